The molecule has 1 N–H and O–H groups in total. The van der Waals surface area contributed by atoms with Gasteiger partial charge in [0.25, 0.3) is 0 Å². The minimum atomic E-state index is -0.177. The summed E-state index contributed by atoms with van der Waals surface area (Å²) in [5.41, 5.74) is 3.49. The predicted octanol–water partition coefficient (Wildman–Crippen LogP) is 9.92. The lowest BCUT2D eigenvalue weighted by Gasteiger charge is -2.30. The summed E-state index contributed by atoms with van der Waals surface area (Å²) in [6.07, 6.45) is 1.19. The van der Waals surface area contributed by atoms with E-state index >= 15 is 0 Å². The maximum atomic E-state index is 12.3. The van der Waals surface area contributed by atoms with Crippen molar-refractivity contribution in [1.82, 2.24) is 0 Å². The van der Waals surface area contributed by atoms with Crippen molar-refractivity contribution >= 4 is 29.5 Å². The van der Waals surface area contributed by atoms with Crippen LogP contribution in [0.4, 0.5) is 0 Å². The highest BCUT2D eigenvalue weighted by atomic mass is 32.2. The van der Waals surface area contributed by atoms with Crippen LogP contribution in [0.1, 0.15) is 118 Å². The average molecular weight is 545 g/mol. The molecule has 2 aromatic rings. The van der Waals surface area contributed by atoms with Crippen molar-refractivity contribution in [1.29, 1.82) is 0 Å². The van der Waals surface area contributed by atoms with Gasteiger partial charge in [-0.05, 0) is 73.3 Å². The van der Waals surface area contributed by atoms with E-state index < -0.39 is 0 Å². The fourth-order valence-electron chi connectivity index (χ4n) is 4.26. The Labute approximate surface area is 234 Å². The first-order valence-corrected chi connectivity index (χ1v) is 14.9. The minimum Gasteiger partial charge on any atom is -0.507 e. The maximum Gasteiger partial charge on any atom is 0.311 e. The Balaban J connectivity index is 2.49. The summed E-state index contributed by atoms with van der Waals surface area (Å²) in [7, 11) is 0. The molecule has 0 atom stereocenters. The number of hydrogen-bond donors (Lipinski definition) is 1. The Morgan fingerprint density at radius 2 is 1.16 bits per heavy atom. The van der Waals surface area contributed by atoms with Gasteiger partial charge in [0.15, 0.2) is 0 Å². The number of ether oxygens (including phenoxy) is 1. The van der Waals surface area contributed by atoms with Crippen LogP contribution >= 0.6 is 23.5 Å². The fourth-order valence-corrected chi connectivity index (χ4v) is 6.91. The molecule has 0 unspecified atom stereocenters. The normalized spacial score (nSPS) is 13.1. The molecule has 37 heavy (non-hydrogen) atoms. The molecule has 5 heteroatoms. The number of aryl methyl sites for hydroxylation is 1. The van der Waals surface area contributed by atoms with Crippen molar-refractivity contribution in [3.8, 4) is 11.5 Å². The monoisotopic (exact) mass is 544 g/mol. The lowest BCUT2D eigenvalue weighted by Crippen LogP contribution is -2.18. The van der Waals surface area contributed by atoms with E-state index in [0.717, 1.165) is 38.5 Å². The van der Waals surface area contributed by atoms with E-state index in [2.05, 4.69) is 100 Å². The first-order chi connectivity index (χ1) is 16.7. The topological polar surface area (TPSA) is 46.5 Å². The molecule has 0 aromatic heterocycles. The molecule has 0 bridgehead atoms. The zero-order chi connectivity index (χ0) is 28.6. The van der Waals surface area contributed by atoms with Gasteiger partial charge in [0.05, 0.1) is 4.08 Å². The predicted molar refractivity (Wildman–Crippen MR) is 162 cm³/mol. The van der Waals surface area contributed by atoms with E-state index in [0.29, 0.717) is 17.9 Å². The second-order valence-corrected chi connectivity index (χ2v) is 17.2. The Bertz CT molecular complexity index is 1090. The highest BCUT2D eigenvalue weighted by Crippen LogP contribution is 2.50. The quantitative estimate of drug-likeness (QED) is 0.163. The summed E-state index contributed by atoms with van der Waals surface area (Å²) >= 11 is 3.63. The van der Waals surface area contributed by atoms with Gasteiger partial charge in [0.1, 0.15) is 11.5 Å². The number of phenols is 1. The van der Waals surface area contributed by atoms with Gasteiger partial charge >= 0.3 is 5.97 Å². The van der Waals surface area contributed by atoms with E-state index in [-0.39, 0.29) is 26.3 Å². The van der Waals surface area contributed by atoms with Crippen molar-refractivity contribution in [2.24, 2.45) is 0 Å². The van der Waals surface area contributed by atoms with Crippen molar-refractivity contribution in [3.63, 3.8) is 0 Å². The molecule has 0 fully saturated rings. The average Bonchev–Trinajstić information content (AvgIpc) is 2.68. The molecule has 0 aliphatic carbocycles. The smallest absolute Gasteiger partial charge is 0.311 e. The van der Waals surface area contributed by atoms with Crippen LogP contribution in [0.25, 0.3) is 0 Å². The molecule has 206 valence electrons. The molecule has 2 aromatic carbocycles. The third kappa shape index (κ3) is 8.45. The number of phenolic OH excluding ortho intramolecular Hbond substituents is 1. The third-order valence-corrected chi connectivity index (χ3v) is 8.58. The largest absolute Gasteiger partial charge is 0.507 e. The molecule has 3 nitrogen and oxygen atoms in total. The summed E-state index contributed by atoms with van der Waals surface area (Å²) in [6.45, 7) is 27.9. The Hall–Kier alpha value is -1.59. The van der Waals surface area contributed by atoms with Crippen LogP contribution in [-0.4, -0.2) is 15.2 Å². The van der Waals surface area contributed by atoms with Crippen LogP contribution in [0.3, 0.4) is 0 Å². The fraction of sp³-hybridized carbons (Fsp3) is 0.594. The highest BCUT2D eigenvalue weighted by molar-refractivity contribution is 8.18. The minimum absolute atomic E-state index is 0.165. The number of rotatable bonds is 7. The Morgan fingerprint density at radius 3 is 1.57 bits per heavy atom. The summed E-state index contributed by atoms with van der Waals surface area (Å²) in [5.74, 6) is 0.932. The molecular formula is C32H48O3S2. The van der Waals surface area contributed by atoms with Crippen LogP contribution in [0, 0.1) is 6.92 Å². The number of hydrogen-bond acceptors (Lipinski definition) is 5. The molecule has 0 saturated carbocycles. The van der Waals surface area contributed by atoms with E-state index in [4.69, 9.17) is 4.74 Å². The summed E-state index contributed by atoms with van der Waals surface area (Å²) in [4.78, 5) is 14.6. The van der Waals surface area contributed by atoms with Gasteiger partial charge in [-0.25, -0.2) is 0 Å². The Kier molecular flexibility index (Phi) is 9.62. The maximum absolute atomic E-state index is 12.3. The van der Waals surface area contributed by atoms with Crippen molar-refractivity contribution in [3.05, 3.63) is 46.5 Å². The zero-order valence-electron chi connectivity index (χ0n) is 25.3. The van der Waals surface area contributed by atoms with Crippen LogP contribution in [0.5, 0.6) is 11.5 Å². The number of thioether (sulfide) groups is 2. The molecule has 0 saturated heterocycles. The number of esters is 1. The molecule has 0 aliphatic heterocycles. The van der Waals surface area contributed by atoms with E-state index in [1.807, 2.05) is 37.4 Å². The Morgan fingerprint density at radius 1 is 0.757 bits per heavy atom. The van der Waals surface area contributed by atoms with E-state index in [1.165, 1.54) is 0 Å². The van der Waals surface area contributed by atoms with Crippen molar-refractivity contribution in [2.75, 3.05) is 0 Å². The van der Waals surface area contributed by atoms with Gasteiger partial charge < -0.3 is 9.84 Å². The standard InChI is InChI=1S/C32H48O3S2/c1-14-15-26(33)35-28-20(2)16-21(19-25(28)31(9,10)11)36-32(12,13)37-22-17-23(29(3,4)5)27(34)24(18-22)30(6,7)8/h16-19,34H,14-15H2,1-13H3. The third-order valence-electron chi connectivity index (χ3n) is 6.15. The van der Waals surface area contributed by atoms with Gasteiger partial charge in [-0.15, -0.1) is 23.5 Å². The van der Waals surface area contributed by atoms with Gasteiger partial charge in [0.2, 0.25) is 0 Å². The van der Waals surface area contributed by atoms with Gasteiger partial charge in [-0.2, -0.15) is 0 Å². The van der Waals surface area contributed by atoms with Crippen LogP contribution < -0.4 is 4.74 Å². The van der Waals surface area contributed by atoms with E-state index in [1.54, 1.807) is 0 Å². The lowest BCUT2D eigenvalue weighted by molar-refractivity contribution is -0.134. The molecule has 0 spiro atoms. The number of benzene rings is 2. The first kappa shape index (κ1) is 31.6. The van der Waals surface area contributed by atoms with Crippen molar-refractivity contribution < 1.29 is 14.6 Å². The second kappa shape index (κ2) is 11.3. The number of carbonyl (C=O) groups is 1. The second-order valence-electron chi connectivity index (χ2n) is 13.6. The van der Waals surface area contributed by atoms with Gasteiger partial charge in [0, 0.05) is 32.9 Å². The molecule has 0 aliphatic rings. The number of aromatic hydroxyl groups is 1. The van der Waals surface area contributed by atoms with Gasteiger partial charge in [-0.1, -0.05) is 69.2 Å². The first-order valence-electron chi connectivity index (χ1n) is 13.3. The van der Waals surface area contributed by atoms with Crippen LogP contribution in [0.2, 0.25) is 0 Å². The molecule has 0 amide bonds. The zero-order valence-corrected chi connectivity index (χ0v) is 26.9. The molecule has 2 rings (SSSR count). The van der Waals surface area contributed by atoms with Crippen LogP contribution in [-0.2, 0) is 21.0 Å². The highest BCUT2D eigenvalue weighted by Gasteiger charge is 2.30. The van der Waals surface area contributed by atoms with Crippen LogP contribution in [0.15, 0.2) is 34.1 Å². The molecule has 0 radical (unpaired) electrons. The van der Waals surface area contributed by atoms with E-state index in [9.17, 15) is 9.90 Å². The summed E-state index contributed by atoms with van der Waals surface area (Å²) < 4.78 is 5.67. The van der Waals surface area contributed by atoms with Gasteiger partial charge in [-0.3, -0.25) is 4.79 Å². The SMILES string of the molecule is CCCC(=O)Oc1c(C)cc(SC(C)(C)Sc2cc(C(C)(C)C)c(O)c(C(C)(C)C)c2)cc1C(C)(C)C. The number of carbonyl (C=O) groups excluding carboxylic acids is 1. The lowest BCUT2D eigenvalue weighted by atomic mass is 9.79. The van der Waals surface area contributed by atoms with Crippen molar-refractivity contribution in [2.45, 2.75) is 133 Å². The molecule has 0 heterocycles. The summed E-state index contributed by atoms with van der Waals surface area (Å²) in [6, 6.07) is 8.63. The summed E-state index contributed by atoms with van der Waals surface area (Å²) in [5, 5.41) is 11.1. The molecular weight excluding hydrogens is 496 g/mol.